The van der Waals surface area contributed by atoms with Crippen molar-refractivity contribution in [1.29, 1.82) is 0 Å². The summed E-state index contributed by atoms with van der Waals surface area (Å²) in [5.41, 5.74) is 1.59. The van der Waals surface area contributed by atoms with E-state index in [1.165, 1.54) is 11.3 Å². The monoisotopic (exact) mass is 541 g/mol. The largest absolute Gasteiger partial charge is 0.396 e. The standard InChI is InChI=1S/C30H43N3O4S/c1-17(2)31-24(36)14-20-25-21(15-22-29(20,6)13-12-23(35)30(22,7)16-34)38-27(32-25)33-26(37)18-8-10-19(11-9-18)28(3,4)5/h8-11,17,20,22-23,34-35H,12-16H2,1-7H3,(H,31,36)(H,32,33,37)/t20-,22+,23-,29+,30+/m1/s1. The minimum Gasteiger partial charge on any atom is -0.396 e. The van der Waals surface area contributed by atoms with Crippen LogP contribution in [0.4, 0.5) is 5.13 Å². The fourth-order valence-electron chi connectivity index (χ4n) is 6.56. The van der Waals surface area contributed by atoms with Gasteiger partial charge in [0.1, 0.15) is 0 Å². The van der Waals surface area contributed by atoms with Crippen molar-refractivity contribution in [3.05, 3.63) is 46.0 Å². The highest BCUT2D eigenvalue weighted by atomic mass is 32.1. The Morgan fingerprint density at radius 1 is 1.18 bits per heavy atom. The average molecular weight is 542 g/mol. The van der Waals surface area contributed by atoms with Gasteiger partial charge in [0.05, 0.1) is 18.4 Å². The van der Waals surface area contributed by atoms with Gasteiger partial charge in [-0.3, -0.25) is 14.9 Å². The second-order valence-electron chi connectivity index (χ2n) is 13.1. The van der Waals surface area contributed by atoms with Crippen LogP contribution in [-0.2, 0) is 16.6 Å². The first-order valence-corrected chi connectivity index (χ1v) is 14.5. The van der Waals surface area contributed by atoms with Crippen molar-refractivity contribution in [3.63, 3.8) is 0 Å². The Bertz CT molecular complexity index is 1190. The Morgan fingerprint density at radius 2 is 1.84 bits per heavy atom. The summed E-state index contributed by atoms with van der Waals surface area (Å²) >= 11 is 1.44. The number of benzene rings is 1. The highest BCUT2D eigenvalue weighted by Crippen LogP contribution is 2.62. The lowest BCUT2D eigenvalue weighted by Gasteiger charge is -2.58. The maximum absolute atomic E-state index is 13.1. The molecule has 1 aromatic carbocycles. The van der Waals surface area contributed by atoms with Gasteiger partial charge in [0.2, 0.25) is 5.91 Å². The molecule has 1 saturated carbocycles. The topological polar surface area (TPSA) is 112 Å². The van der Waals surface area contributed by atoms with Crippen LogP contribution >= 0.6 is 11.3 Å². The van der Waals surface area contributed by atoms with Crippen molar-refractivity contribution in [1.82, 2.24) is 10.3 Å². The number of aromatic nitrogens is 1. The molecule has 2 aromatic rings. The molecule has 2 aliphatic rings. The third-order valence-corrected chi connectivity index (χ3v) is 9.98. The molecule has 0 saturated heterocycles. The smallest absolute Gasteiger partial charge is 0.257 e. The fraction of sp³-hybridized carbons (Fsp3) is 0.633. The van der Waals surface area contributed by atoms with Crippen molar-refractivity contribution in [2.45, 2.75) is 97.6 Å². The lowest BCUT2D eigenvalue weighted by Crippen LogP contribution is -2.57. The van der Waals surface area contributed by atoms with Gasteiger partial charge in [0.15, 0.2) is 5.13 Å². The number of amides is 2. The second kappa shape index (κ2) is 10.4. The van der Waals surface area contributed by atoms with Crippen LogP contribution < -0.4 is 10.6 Å². The van der Waals surface area contributed by atoms with Gasteiger partial charge in [0.25, 0.3) is 5.91 Å². The Balaban J connectivity index is 1.67. The zero-order chi connectivity index (χ0) is 28.0. The number of thiazole rings is 1. The summed E-state index contributed by atoms with van der Waals surface area (Å²) in [6, 6.07) is 7.67. The van der Waals surface area contributed by atoms with Gasteiger partial charge in [-0.25, -0.2) is 4.98 Å². The number of nitrogens with one attached hydrogen (secondary N) is 2. The molecule has 5 atom stereocenters. The summed E-state index contributed by atoms with van der Waals surface area (Å²) < 4.78 is 0. The van der Waals surface area contributed by atoms with Crippen LogP contribution in [0.25, 0.3) is 0 Å². The molecule has 4 N–H and O–H groups in total. The Labute approximate surface area is 230 Å². The average Bonchev–Trinajstić information content (AvgIpc) is 3.24. The van der Waals surface area contributed by atoms with Crippen molar-refractivity contribution >= 4 is 28.3 Å². The number of fused-ring (bicyclic) bond motifs is 2. The molecule has 1 fully saturated rings. The summed E-state index contributed by atoms with van der Waals surface area (Å²) in [7, 11) is 0. The zero-order valence-electron chi connectivity index (χ0n) is 23.7. The first-order chi connectivity index (χ1) is 17.7. The van der Waals surface area contributed by atoms with E-state index in [2.05, 4.69) is 38.3 Å². The van der Waals surface area contributed by atoms with E-state index in [0.717, 1.165) is 22.6 Å². The predicted octanol–water partition coefficient (Wildman–Crippen LogP) is 5.02. The molecule has 0 spiro atoms. The molecule has 2 amide bonds. The number of rotatable bonds is 6. The molecule has 0 radical (unpaired) electrons. The minimum atomic E-state index is -0.681. The van der Waals surface area contributed by atoms with Crippen LogP contribution in [0.5, 0.6) is 0 Å². The first-order valence-electron chi connectivity index (χ1n) is 13.7. The minimum absolute atomic E-state index is 0.00375. The van der Waals surface area contributed by atoms with E-state index in [9.17, 15) is 19.8 Å². The number of anilines is 1. The van der Waals surface area contributed by atoms with E-state index in [0.29, 0.717) is 23.5 Å². The van der Waals surface area contributed by atoms with Gasteiger partial charge in [-0.2, -0.15) is 0 Å². The van der Waals surface area contributed by atoms with E-state index in [1.54, 1.807) is 0 Å². The number of carbonyl (C=O) groups is 2. The van der Waals surface area contributed by atoms with Gasteiger partial charge >= 0.3 is 0 Å². The molecule has 208 valence electrons. The maximum atomic E-state index is 13.1. The number of nitrogens with zero attached hydrogens (tertiary/aromatic N) is 1. The van der Waals surface area contributed by atoms with Crippen LogP contribution in [0.2, 0.25) is 0 Å². The summed E-state index contributed by atoms with van der Waals surface area (Å²) in [6.07, 6.45) is 1.63. The molecule has 38 heavy (non-hydrogen) atoms. The Hall–Kier alpha value is -2.29. The van der Waals surface area contributed by atoms with E-state index in [4.69, 9.17) is 4.98 Å². The summed E-state index contributed by atoms with van der Waals surface area (Å²) in [5, 5.41) is 27.9. The molecule has 8 heteroatoms. The number of hydrogen-bond donors (Lipinski definition) is 4. The summed E-state index contributed by atoms with van der Waals surface area (Å²) in [4.78, 5) is 32.0. The van der Waals surface area contributed by atoms with Crippen molar-refractivity contribution < 1.29 is 19.8 Å². The normalized spacial score (nSPS) is 28.9. The molecule has 0 bridgehead atoms. The van der Waals surface area contributed by atoms with E-state index < -0.39 is 11.5 Å². The van der Waals surface area contributed by atoms with E-state index in [-0.39, 0.29) is 53.5 Å². The molecule has 1 aromatic heterocycles. The van der Waals surface area contributed by atoms with Crippen LogP contribution in [0.15, 0.2) is 24.3 Å². The molecule has 1 heterocycles. The maximum Gasteiger partial charge on any atom is 0.257 e. The lowest BCUT2D eigenvalue weighted by atomic mass is 9.47. The predicted molar refractivity (Wildman–Crippen MR) is 152 cm³/mol. The number of aliphatic hydroxyl groups is 2. The SMILES string of the molecule is CC(C)NC(=O)C[C@@H]1c2nc(NC(=O)c3ccc(C(C)(C)C)cc3)sc2C[C@@H]2[C@](C)(CO)[C@H](O)CC[C@]21C. The molecular formula is C30H43N3O4S. The first kappa shape index (κ1) is 28.7. The number of hydrogen-bond acceptors (Lipinski definition) is 6. The van der Waals surface area contributed by atoms with E-state index >= 15 is 0 Å². The number of aliphatic hydroxyl groups excluding tert-OH is 2. The zero-order valence-corrected chi connectivity index (χ0v) is 24.5. The van der Waals surface area contributed by atoms with Crippen LogP contribution in [-0.4, -0.2) is 45.8 Å². The van der Waals surface area contributed by atoms with Crippen molar-refractivity contribution in [3.8, 4) is 0 Å². The molecule has 0 aliphatic heterocycles. The highest BCUT2D eigenvalue weighted by Gasteiger charge is 2.59. The van der Waals surface area contributed by atoms with E-state index in [1.807, 2.05) is 45.0 Å². The lowest BCUT2D eigenvalue weighted by molar-refractivity contribution is -0.144. The highest BCUT2D eigenvalue weighted by molar-refractivity contribution is 7.15. The molecule has 2 aliphatic carbocycles. The van der Waals surface area contributed by atoms with Gasteiger partial charge < -0.3 is 15.5 Å². The summed E-state index contributed by atoms with van der Waals surface area (Å²) in [5.74, 6) is -0.458. The Morgan fingerprint density at radius 3 is 2.42 bits per heavy atom. The van der Waals surface area contributed by atoms with Gasteiger partial charge in [-0.05, 0) is 67.6 Å². The van der Waals surface area contributed by atoms with Crippen LogP contribution in [0.1, 0.15) is 100 Å². The van der Waals surface area contributed by atoms with Gasteiger partial charge in [-0.15, -0.1) is 11.3 Å². The fourth-order valence-corrected chi connectivity index (χ4v) is 7.62. The van der Waals surface area contributed by atoms with Crippen molar-refractivity contribution in [2.75, 3.05) is 11.9 Å². The number of carbonyl (C=O) groups excluding carboxylic acids is 2. The molecule has 7 nitrogen and oxygen atoms in total. The van der Waals surface area contributed by atoms with Crippen LogP contribution in [0, 0.1) is 16.7 Å². The second-order valence-corrected chi connectivity index (χ2v) is 14.2. The third kappa shape index (κ3) is 5.27. The molecular weight excluding hydrogens is 498 g/mol. The quantitative estimate of drug-likeness (QED) is 0.410. The third-order valence-electron chi connectivity index (χ3n) is 8.97. The molecule has 4 rings (SSSR count). The van der Waals surface area contributed by atoms with Crippen LogP contribution in [0.3, 0.4) is 0 Å². The Kier molecular flexibility index (Phi) is 7.83. The van der Waals surface area contributed by atoms with Gasteiger partial charge in [-0.1, -0.05) is 46.8 Å². The molecule has 0 unspecified atom stereocenters. The van der Waals surface area contributed by atoms with Crippen molar-refractivity contribution in [2.24, 2.45) is 16.7 Å². The van der Waals surface area contributed by atoms with Gasteiger partial charge in [0, 0.05) is 34.2 Å². The summed E-state index contributed by atoms with van der Waals surface area (Å²) in [6.45, 7) is 14.3.